The molecule has 0 bridgehead atoms. The Labute approximate surface area is 136 Å². The van der Waals surface area contributed by atoms with Crippen molar-refractivity contribution < 1.29 is 0 Å². The highest BCUT2D eigenvalue weighted by Gasteiger charge is 2.18. The number of benzene rings is 1. The number of piperidine rings is 1. The first-order valence-corrected chi connectivity index (χ1v) is 8.42. The zero-order valence-electron chi connectivity index (χ0n) is 13.6. The molecule has 4 nitrogen and oxygen atoms in total. The van der Waals surface area contributed by atoms with E-state index in [9.17, 15) is 0 Å². The fraction of sp³-hybridized carbons (Fsp3) is 0.368. The molecule has 1 fully saturated rings. The molecule has 0 atom stereocenters. The van der Waals surface area contributed by atoms with Gasteiger partial charge in [-0.25, -0.2) is 4.98 Å². The van der Waals surface area contributed by atoms with Gasteiger partial charge < -0.3 is 0 Å². The van der Waals surface area contributed by atoms with Gasteiger partial charge in [0, 0.05) is 18.3 Å². The minimum absolute atomic E-state index is 0.932. The van der Waals surface area contributed by atoms with Gasteiger partial charge in [-0.2, -0.15) is 0 Å². The third-order valence-electron chi connectivity index (χ3n) is 4.61. The summed E-state index contributed by atoms with van der Waals surface area (Å²) in [5.41, 5.74) is 5.50. The van der Waals surface area contributed by atoms with Gasteiger partial charge in [0.2, 0.25) is 0 Å². The largest absolute Gasteiger partial charge is 0.299 e. The van der Waals surface area contributed by atoms with Crippen molar-refractivity contribution in [2.24, 2.45) is 0 Å². The van der Waals surface area contributed by atoms with Crippen LogP contribution in [0, 0.1) is 6.92 Å². The Hall–Kier alpha value is -2.20. The molecule has 1 aliphatic rings. The summed E-state index contributed by atoms with van der Waals surface area (Å²) >= 11 is 0. The smallest absolute Gasteiger partial charge is 0.156 e. The minimum Gasteiger partial charge on any atom is -0.299 e. The Morgan fingerprint density at radius 2 is 1.83 bits per heavy atom. The van der Waals surface area contributed by atoms with Gasteiger partial charge in [0.1, 0.15) is 0 Å². The average molecular weight is 306 g/mol. The van der Waals surface area contributed by atoms with Crippen LogP contribution in [0.3, 0.4) is 0 Å². The van der Waals surface area contributed by atoms with Crippen LogP contribution < -0.4 is 0 Å². The van der Waals surface area contributed by atoms with Crippen molar-refractivity contribution in [3.8, 4) is 11.3 Å². The molecule has 3 heterocycles. The average Bonchev–Trinajstić information content (AvgIpc) is 2.95. The molecule has 1 aromatic carbocycles. The van der Waals surface area contributed by atoms with Crippen molar-refractivity contribution in [2.75, 3.05) is 13.1 Å². The molecule has 0 saturated carbocycles. The third kappa shape index (κ3) is 2.86. The monoisotopic (exact) mass is 306 g/mol. The van der Waals surface area contributed by atoms with E-state index in [-0.39, 0.29) is 0 Å². The van der Waals surface area contributed by atoms with Crippen molar-refractivity contribution in [3.63, 3.8) is 0 Å². The summed E-state index contributed by atoms with van der Waals surface area (Å²) < 4.78 is 2.22. The molecule has 2 aromatic heterocycles. The zero-order valence-corrected chi connectivity index (χ0v) is 13.6. The lowest BCUT2D eigenvalue weighted by molar-refractivity contribution is 0.218. The van der Waals surface area contributed by atoms with Gasteiger partial charge in [-0.3, -0.25) is 14.3 Å². The van der Waals surface area contributed by atoms with Crippen LogP contribution in [0.4, 0.5) is 0 Å². The maximum Gasteiger partial charge on any atom is 0.156 e. The number of aromatic nitrogens is 3. The van der Waals surface area contributed by atoms with Crippen LogP contribution in [-0.2, 0) is 6.54 Å². The van der Waals surface area contributed by atoms with E-state index in [1.807, 2.05) is 13.1 Å². The number of aryl methyl sites for hydroxylation is 1. The molecule has 1 aliphatic heterocycles. The summed E-state index contributed by atoms with van der Waals surface area (Å²) in [5.74, 6) is 0. The molecule has 0 unspecified atom stereocenters. The Morgan fingerprint density at radius 1 is 1.04 bits per heavy atom. The second-order valence-electron chi connectivity index (χ2n) is 6.37. The summed E-state index contributed by atoms with van der Waals surface area (Å²) in [5, 5.41) is 0. The van der Waals surface area contributed by atoms with Crippen molar-refractivity contribution >= 4 is 5.65 Å². The van der Waals surface area contributed by atoms with Crippen LogP contribution >= 0.6 is 0 Å². The molecule has 0 amide bonds. The second-order valence-corrected chi connectivity index (χ2v) is 6.37. The Morgan fingerprint density at radius 3 is 2.61 bits per heavy atom. The molecule has 1 saturated heterocycles. The number of fused-ring (bicyclic) bond motifs is 1. The van der Waals surface area contributed by atoms with Crippen LogP contribution in [0.1, 0.15) is 30.7 Å². The molecule has 0 spiro atoms. The van der Waals surface area contributed by atoms with Crippen molar-refractivity contribution in [1.82, 2.24) is 19.3 Å². The van der Waals surface area contributed by atoms with Gasteiger partial charge in [-0.15, -0.1) is 0 Å². The second kappa shape index (κ2) is 6.13. The highest BCUT2D eigenvalue weighted by atomic mass is 15.2. The van der Waals surface area contributed by atoms with Crippen molar-refractivity contribution in [3.05, 3.63) is 54.1 Å². The number of hydrogen-bond donors (Lipinski definition) is 0. The summed E-state index contributed by atoms with van der Waals surface area (Å²) in [6.45, 7) is 5.36. The molecule has 0 N–H and O–H groups in total. The van der Waals surface area contributed by atoms with Crippen molar-refractivity contribution in [1.29, 1.82) is 0 Å². The maximum absolute atomic E-state index is 4.86. The highest BCUT2D eigenvalue weighted by molar-refractivity contribution is 5.66. The van der Waals surface area contributed by atoms with Crippen LogP contribution in [0.25, 0.3) is 16.9 Å². The number of nitrogens with zero attached hydrogens (tertiary/aromatic N) is 4. The van der Waals surface area contributed by atoms with Gasteiger partial charge in [-0.05, 0) is 32.9 Å². The maximum atomic E-state index is 4.86. The van der Waals surface area contributed by atoms with E-state index in [0.29, 0.717) is 0 Å². The predicted octanol–water partition coefficient (Wildman–Crippen LogP) is 3.69. The Balaban J connectivity index is 1.82. The molecule has 0 radical (unpaired) electrons. The lowest BCUT2D eigenvalue weighted by Gasteiger charge is -2.26. The van der Waals surface area contributed by atoms with Crippen molar-refractivity contribution in [2.45, 2.75) is 32.7 Å². The lowest BCUT2D eigenvalue weighted by atomic mass is 10.1. The lowest BCUT2D eigenvalue weighted by Crippen LogP contribution is -2.29. The molecule has 23 heavy (non-hydrogen) atoms. The molecule has 4 heteroatoms. The van der Waals surface area contributed by atoms with E-state index in [1.54, 1.807) is 0 Å². The summed E-state index contributed by atoms with van der Waals surface area (Å²) in [6.07, 6.45) is 7.95. The van der Waals surface area contributed by atoms with E-state index in [1.165, 1.54) is 43.6 Å². The minimum atomic E-state index is 0.932. The normalized spacial score (nSPS) is 16.0. The van der Waals surface area contributed by atoms with Gasteiger partial charge in [-0.1, -0.05) is 36.8 Å². The van der Waals surface area contributed by atoms with Gasteiger partial charge in [0.15, 0.2) is 5.65 Å². The molecule has 0 aliphatic carbocycles. The van der Waals surface area contributed by atoms with E-state index in [4.69, 9.17) is 4.98 Å². The summed E-state index contributed by atoms with van der Waals surface area (Å²) in [7, 11) is 0. The molecular formula is C19H22N4. The number of likely N-dealkylation sites (tertiary alicyclic amines) is 1. The van der Waals surface area contributed by atoms with E-state index in [0.717, 1.165) is 23.6 Å². The fourth-order valence-electron chi connectivity index (χ4n) is 3.41. The van der Waals surface area contributed by atoms with Crippen LogP contribution in [0.15, 0.2) is 42.7 Å². The number of imidazole rings is 1. The number of rotatable bonds is 3. The van der Waals surface area contributed by atoms with Crippen LogP contribution in [-0.4, -0.2) is 32.4 Å². The van der Waals surface area contributed by atoms with Crippen LogP contribution in [0.5, 0.6) is 0 Å². The molecule has 4 rings (SSSR count). The Kier molecular flexibility index (Phi) is 3.83. The first-order valence-electron chi connectivity index (χ1n) is 8.42. The predicted molar refractivity (Wildman–Crippen MR) is 92.3 cm³/mol. The molecule has 118 valence electrons. The van der Waals surface area contributed by atoms with Crippen LogP contribution in [0.2, 0.25) is 0 Å². The summed E-state index contributed by atoms with van der Waals surface area (Å²) in [6, 6.07) is 10.5. The molecular weight excluding hydrogens is 284 g/mol. The fourth-order valence-corrected chi connectivity index (χ4v) is 3.41. The topological polar surface area (TPSA) is 33.4 Å². The first-order chi connectivity index (χ1) is 11.3. The highest BCUT2D eigenvalue weighted by Crippen LogP contribution is 2.26. The van der Waals surface area contributed by atoms with Gasteiger partial charge in [0.05, 0.1) is 23.3 Å². The molecule has 3 aromatic rings. The summed E-state index contributed by atoms with van der Waals surface area (Å²) in [4.78, 5) is 11.8. The zero-order chi connectivity index (χ0) is 15.6. The quantitative estimate of drug-likeness (QED) is 0.740. The standard InChI is InChI=1S/C19H22N4/c1-15-13-23-17(14-22-10-6-3-7-11-22)19(21-18(23)12-20-15)16-8-4-2-5-9-16/h2,4-5,8-9,12-13H,3,6-7,10-11,14H2,1H3. The first kappa shape index (κ1) is 14.4. The van der Waals surface area contributed by atoms with E-state index < -0.39 is 0 Å². The van der Waals surface area contributed by atoms with E-state index in [2.05, 4.69) is 50.8 Å². The van der Waals surface area contributed by atoms with E-state index >= 15 is 0 Å². The Bertz CT molecular complexity index is 801. The number of hydrogen-bond acceptors (Lipinski definition) is 3. The van der Waals surface area contributed by atoms with Gasteiger partial charge >= 0.3 is 0 Å². The SMILES string of the molecule is Cc1cn2c(CN3CCCCC3)c(-c3ccccc3)nc2cn1. The third-order valence-corrected chi connectivity index (χ3v) is 4.61. The van der Waals surface area contributed by atoms with Gasteiger partial charge in [0.25, 0.3) is 0 Å².